The predicted molar refractivity (Wildman–Crippen MR) is 65.9 cm³/mol. The minimum Gasteiger partial charge on any atom is -0.370 e. The Balaban J connectivity index is 1.94. The number of hydrogen-bond donors (Lipinski definition) is 2. The van der Waals surface area contributed by atoms with Crippen molar-refractivity contribution in [2.45, 2.75) is 19.4 Å². The lowest BCUT2D eigenvalue weighted by Gasteiger charge is -2.39. The molecule has 0 spiro atoms. The Morgan fingerprint density at radius 3 is 2.94 bits per heavy atom. The number of nitrogens with one attached hydrogen (secondary N) is 2. The van der Waals surface area contributed by atoms with Crippen molar-refractivity contribution in [1.29, 1.82) is 0 Å². The SMILES string of the molecule is CCCNc1cc(N2CC(NC)C2)ncn1. The fourth-order valence-corrected chi connectivity index (χ4v) is 1.72. The summed E-state index contributed by atoms with van der Waals surface area (Å²) in [5.74, 6) is 1.93. The number of aromatic nitrogens is 2. The van der Waals surface area contributed by atoms with Crippen LogP contribution >= 0.6 is 0 Å². The van der Waals surface area contributed by atoms with Gasteiger partial charge in [0.15, 0.2) is 0 Å². The monoisotopic (exact) mass is 221 g/mol. The van der Waals surface area contributed by atoms with Gasteiger partial charge < -0.3 is 15.5 Å². The zero-order valence-corrected chi connectivity index (χ0v) is 9.90. The second-order valence-corrected chi connectivity index (χ2v) is 4.08. The molecule has 16 heavy (non-hydrogen) atoms. The molecular formula is C11H19N5. The van der Waals surface area contributed by atoms with Crippen molar-refractivity contribution in [1.82, 2.24) is 15.3 Å². The summed E-state index contributed by atoms with van der Waals surface area (Å²) in [7, 11) is 2.00. The van der Waals surface area contributed by atoms with Crippen LogP contribution in [-0.2, 0) is 0 Å². The lowest BCUT2D eigenvalue weighted by Crippen LogP contribution is -2.57. The highest BCUT2D eigenvalue weighted by Gasteiger charge is 2.26. The third-order valence-electron chi connectivity index (χ3n) is 2.82. The Morgan fingerprint density at radius 1 is 1.44 bits per heavy atom. The van der Waals surface area contributed by atoms with Gasteiger partial charge in [-0.1, -0.05) is 6.92 Å². The van der Waals surface area contributed by atoms with Crippen LogP contribution in [0.25, 0.3) is 0 Å². The average molecular weight is 221 g/mol. The lowest BCUT2D eigenvalue weighted by molar-refractivity contribution is 0.447. The van der Waals surface area contributed by atoms with Gasteiger partial charge in [-0.05, 0) is 13.5 Å². The quantitative estimate of drug-likeness (QED) is 0.767. The van der Waals surface area contributed by atoms with E-state index in [1.807, 2.05) is 13.1 Å². The zero-order valence-electron chi connectivity index (χ0n) is 9.90. The van der Waals surface area contributed by atoms with Crippen LogP contribution in [0.1, 0.15) is 13.3 Å². The van der Waals surface area contributed by atoms with E-state index in [-0.39, 0.29) is 0 Å². The maximum atomic E-state index is 4.29. The molecule has 1 aliphatic rings. The normalized spacial score (nSPS) is 16.0. The minimum absolute atomic E-state index is 0.599. The van der Waals surface area contributed by atoms with Crippen LogP contribution in [0.4, 0.5) is 11.6 Å². The van der Waals surface area contributed by atoms with Gasteiger partial charge in [0.25, 0.3) is 0 Å². The third kappa shape index (κ3) is 2.41. The first-order valence-electron chi connectivity index (χ1n) is 5.81. The van der Waals surface area contributed by atoms with E-state index in [9.17, 15) is 0 Å². The van der Waals surface area contributed by atoms with E-state index in [1.54, 1.807) is 6.33 Å². The van der Waals surface area contributed by atoms with Gasteiger partial charge in [-0.15, -0.1) is 0 Å². The molecule has 1 aromatic rings. The largest absolute Gasteiger partial charge is 0.370 e. The fraction of sp³-hybridized carbons (Fsp3) is 0.636. The van der Waals surface area contributed by atoms with Gasteiger partial charge in [0.05, 0.1) is 0 Å². The van der Waals surface area contributed by atoms with Gasteiger partial charge in [0, 0.05) is 31.7 Å². The second-order valence-electron chi connectivity index (χ2n) is 4.08. The Morgan fingerprint density at radius 2 is 2.25 bits per heavy atom. The van der Waals surface area contributed by atoms with E-state index < -0.39 is 0 Å². The summed E-state index contributed by atoms with van der Waals surface area (Å²) in [4.78, 5) is 10.7. The molecule has 2 rings (SSSR count). The van der Waals surface area contributed by atoms with Gasteiger partial charge in [-0.25, -0.2) is 9.97 Å². The van der Waals surface area contributed by atoms with E-state index in [2.05, 4.69) is 32.4 Å². The summed E-state index contributed by atoms with van der Waals surface area (Å²) in [5.41, 5.74) is 0. The van der Waals surface area contributed by atoms with Crippen molar-refractivity contribution < 1.29 is 0 Å². The molecule has 0 atom stereocenters. The number of likely N-dealkylation sites (N-methyl/N-ethyl adjacent to an activating group) is 1. The molecule has 5 nitrogen and oxygen atoms in total. The molecule has 0 bridgehead atoms. The van der Waals surface area contributed by atoms with E-state index in [1.165, 1.54) is 0 Å². The van der Waals surface area contributed by atoms with Crippen LogP contribution < -0.4 is 15.5 Å². The standard InChI is InChI=1S/C11H19N5/c1-3-4-13-10-5-11(15-8-14-10)16-6-9(7-16)12-2/h5,8-9,12H,3-4,6-7H2,1-2H3,(H,13,14,15). The van der Waals surface area contributed by atoms with Crippen molar-refractivity contribution in [3.63, 3.8) is 0 Å². The first kappa shape index (κ1) is 11.1. The van der Waals surface area contributed by atoms with Crippen molar-refractivity contribution in [3.05, 3.63) is 12.4 Å². The molecule has 1 saturated heterocycles. The first-order valence-corrected chi connectivity index (χ1v) is 5.81. The van der Waals surface area contributed by atoms with Crippen LogP contribution in [0.2, 0.25) is 0 Å². The van der Waals surface area contributed by atoms with Gasteiger partial charge in [0.1, 0.15) is 18.0 Å². The molecule has 0 aromatic carbocycles. The number of rotatable bonds is 5. The highest BCUT2D eigenvalue weighted by Crippen LogP contribution is 2.19. The summed E-state index contributed by atoms with van der Waals surface area (Å²) in [6.07, 6.45) is 2.73. The summed E-state index contributed by atoms with van der Waals surface area (Å²) >= 11 is 0. The fourth-order valence-electron chi connectivity index (χ4n) is 1.72. The van der Waals surface area contributed by atoms with Crippen molar-refractivity contribution in [3.8, 4) is 0 Å². The van der Waals surface area contributed by atoms with Gasteiger partial charge in [-0.3, -0.25) is 0 Å². The van der Waals surface area contributed by atoms with Gasteiger partial charge >= 0.3 is 0 Å². The Hall–Kier alpha value is -1.36. The Labute approximate surface area is 96.3 Å². The molecule has 0 radical (unpaired) electrons. The molecule has 0 amide bonds. The third-order valence-corrected chi connectivity index (χ3v) is 2.82. The summed E-state index contributed by atoms with van der Waals surface area (Å²) in [6.45, 7) is 5.15. The van der Waals surface area contributed by atoms with E-state index >= 15 is 0 Å². The van der Waals surface area contributed by atoms with Crippen LogP contribution in [0.15, 0.2) is 12.4 Å². The number of nitrogens with zero attached hydrogens (tertiary/aromatic N) is 3. The van der Waals surface area contributed by atoms with Crippen LogP contribution in [0.5, 0.6) is 0 Å². The van der Waals surface area contributed by atoms with E-state index in [0.717, 1.165) is 37.7 Å². The molecule has 1 fully saturated rings. The maximum Gasteiger partial charge on any atom is 0.134 e. The molecular weight excluding hydrogens is 202 g/mol. The van der Waals surface area contributed by atoms with Crippen LogP contribution in [0, 0.1) is 0 Å². The van der Waals surface area contributed by atoms with Crippen LogP contribution in [-0.4, -0.2) is 42.7 Å². The smallest absolute Gasteiger partial charge is 0.134 e. The Bertz CT molecular complexity index is 335. The predicted octanol–water partition coefficient (Wildman–Crippen LogP) is 0.706. The van der Waals surface area contributed by atoms with Crippen molar-refractivity contribution >= 4 is 11.6 Å². The van der Waals surface area contributed by atoms with Gasteiger partial charge in [-0.2, -0.15) is 0 Å². The average Bonchev–Trinajstić information content (AvgIpc) is 2.26. The first-order chi connectivity index (χ1) is 7.83. The molecule has 2 heterocycles. The molecule has 0 unspecified atom stereocenters. The highest BCUT2D eigenvalue weighted by molar-refractivity contribution is 5.50. The maximum absolute atomic E-state index is 4.29. The molecule has 88 valence electrons. The van der Waals surface area contributed by atoms with E-state index in [4.69, 9.17) is 0 Å². The van der Waals surface area contributed by atoms with E-state index in [0.29, 0.717) is 6.04 Å². The molecule has 1 aliphatic heterocycles. The zero-order chi connectivity index (χ0) is 11.4. The van der Waals surface area contributed by atoms with Gasteiger partial charge in [0.2, 0.25) is 0 Å². The Kier molecular flexibility index (Phi) is 3.56. The molecule has 5 heteroatoms. The lowest BCUT2D eigenvalue weighted by atomic mass is 10.1. The highest BCUT2D eigenvalue weighted by atomic mass is 15.3. The topological polar surface area (TPSA) is 53.1 Å². The summed E-state index contributed by atoms with van der Waals surface area (Å²) in [6, 6.07) is 2.61. The summed E-state index contributed by atoms with van der Waals surface area (Å²) < 4.78 is 0. The number of hydrogen-bond acceptors (Lipinski definition) is 5. The molecule has 0 aliphatic carbocycles. The summed E-state index contributed by atoms with van der Waals surface area (Å²) in [5, 5.41) is 6.52. The molecule has 0 saturated carbocycles. The molecule has 2 N–H and O–H groups in total. The molecule has 1 aromatic heterocycles. The minimum atomic E-state index is 0.599. The second kappa shape index (κ2) is 5.12. The van der Waals surface area contributed by atoms with Crippen molar-refractivity contribution in [2.24, 2.45) is 0 Å². The number of anilines is 2. The van der Waals surface area contributed by atoms with Crippen LogP contribution in [0.3, 0.4) is 0 Å². The van der Waals surface area contributed by atoms with Crippen molar-refractivity contribution in [2.75, 3.05) is 36.9 Å².